The van der Waals surface area contributed by atoms with Crippen molar-refractivity contribution in [2.75, 3.05) is 20.3 Å². The van der Waals surface area contributed by atoms with Crippen molar-refractivity contribution in [2.45, 2.75) is 26.0 Å². The van der Waals surface area contributed by atoms with E-state index in [4.69, 9.17) is 19.3 Å². The molecule has 0 amide bonds. The number of oxime groups is 1. The summed E-state index contributed by atoms with van der Waals surface area (Å²) in [5, 5.41) is 14.5. The Morgan fingerprint density at radius 1 is 1.06 bits per heavy atom. The fourth-order valence-corrected chi connectivity index (χ4v) is 3.92. The van der Waals surface area contributed by atoms with Crippen LogP contribution in [0.4, 0.5) is 0 Å². The van der Waals surface area contributed by atoms with Gasteiger partial charge in [-0.1, -0.05) is 47.6 Å². The lowest BCUT2D eigenvalue weighted by Gasteiger charge is -2.13. The molecular formula is C28H29N3O5. The number of pyridine rings is 1. The molecule has 36 heavy (non-hydrogen) atoms. The predicted octanol–water partition coefficient (Wildman–Crippen LogP) is 4.55. The quantitative estimate of drug-likeness (QED) is 0.233. The van der Waals surface area contributed by atoms with Crippen LogP contribution < -0.4 is 4.74 Å². The molecule has 1 N–H and O–H groups in total. The number of aliphatic carboxylic acids is 1. The molecule has 0 aliphatic rings. The molecule has 1 atom stereocenters. The van der Waals surface area contributed by atoms with Crippen LogP contribution in [0.2, 0.25) is 0 Å². The Labute approximate surface area is 209 Å². The van der Waals surface area contributed by atoms with Gasteiger partial charge in [-0.15, -0.1) is 0 Å². The summed E-state index contributed by atoms with van der Waals surface area (Å²) in [6.07, 6.45) is 1.45. The number of carbonyl (C=O) groups is 1. The minimum Gasteiger partial charge on any atom is -0.492 e. The van der Waals surface area contributed by atoms with Gasteiger partial charge in [0.05, 0.1) is 12.2 Å². The normalized spacial score (nSPS) is 12.4. The number of nitrogens with zero attached hydrogens (tertiary/aromatic N) is 3. The topological polar surface area (TPSA) is 95.2 Å². The number of fused-ring (bicyclic) bond motifs is 1. The Morgan fingerprint density at radius 2 is 1.83 bits per heavy atom. The maximum absolute atomic E-state index is 11.3. The zero-order valence-corrected chi connectivity index (χ0v) is 20.3. The molecular weight excluding hydrogens is 458 g/mol. The highest BCUT2D eigenvalue weighted by Crippen LogP contribution is 2.19. The van der Waals surface area contributed by atoms with Crippen LogP contribution in [0.1, 0.15) is 23.7 Å². The maximum Gasteiger partial charge on any atom is 0.333 e. The van der Waals surface area contributed by atoms with Gasteiger partial charge in [-0.25, -0.2) is 9.78 Å². The summed E-state index contributed by atoms with van der Waals surface area (Å²) < 4.78 is 13.3. The number of carboxylic acid groups (broad SMARTS) is 1. The van der Waals surface area contributed by atoms with Gasteiger partial charge in [0.15, 0.2) is 6.10 Å². The van der Waals surface area contributed by atoms with Gasteiger partial charge in [-0.05, 0) is 42.8 Å². The Morgan fingerprint density at radius 3 is 2.53 bits per heavy atom. The molecule has 8 heteroatoms. The minimum absolute atomic E-state index is 0.310. The number of carboxylic acids is 1. The van der Waals surface area contributed by atoms with Crippen molar-refractivity contribution in [3.05, 3.63) is 95.8 Å². The summed E-state index contributed by atoms with van der Waals surface area (Å²) in [6.45, 7) is 3.20. The average Bonchev–Trinajstić information content (AvgIpc) is 3.30. The number of rotatable bonds is 12. The highest BCUT2D eigenvalue weighted by molar-refractivity contribution is 6.12. The highest BCUT2D eigenvalue weighted by Gasteiger charge is 2.18. The summed E-state index contributed by atoms with van der Waals surface area (Å²) in [7, 11) is 1.53. The van der Waals surface area contributed by atoms with Crippen molar-refractivity contribution in [3.8, 4) is 5.75 Å². The first-order valence-electron chi connectivity index (χ1n) is 11.8. The van der Waals surface area contributed by atoms with Crippen LogP contribution in [-0.2, 0) is 27.3 Å². The Balaban J connectivity index is 1.42. The summed E-state index contributed by atoms with van der Waals surface area (Å²) >= 11 is 0. The van der Waals surface area contributed by atoms with Gasteiger partial charge in [-0.2, -0.15) is 0 Å². The second-order valence-electron chi connectivity index (χ2n) is 8.09. The fraction of sp³-hybridized carbons (Fsp3) is 0.250. The van der Waals surface area contributed by atoms with Gasteiger partial charge < -0.3 is 24.0 Å². The molecule has 0 radical (unpaired) electrons. The summed E-state index contributed by atoms with van der Waals surface area (Å²) in [4.78, 5) is 21.3. The monoisotopic (exact) mass is 487 g/mol. The third-order valence-corrected chi connectivity index (χ3v) is 5.67. The number of hydrogen-bond acceptors (Lipinski definition) is 6. The zero-order valence-electron chi connectivity index (χ0n) is 20.3. The van der Waals surface area contributed by atoms with E-state index in [9.17, 15) is 9.90 Å². The SMILES string of the molecule is CCOC(Cc1ccc(OCCn2ccc3ccc(/C(=N\OC)c4ccccc4)nc32)cc1)C(=O)O. The smallest absolute Gasteiger partial charge is 0.333 e. The molecule has 4 rings (SSSR count). The van der Waals surface area contributed by atoms with E-state index < -0.39 is 12.1 Å². The van der Waals surface area contributed by atoms with E-state index in [1.54, 1.807) is 6.92 Å². The first-order chi connectivity index (χ1) is 17.6. The van der Waals surface area contributed by atoms with Gasteiger partial charge in [0.1, 0.15) is 30.8 Å². The van der Waals surface area contributed by atoms with E-state index in [1.807, 2.05) is 83.6 Å². The molecule has 2 heterocycles. The minimum atomic E-state index is -0.961. The van der Waals surface area contributed by atoms with E-state index in [-0.39, 0.29) is 0 Å². The summed E-state index contributed by atoms with van der Waals surface area (Å²) in [6, 6.07) is 23.2. The van der Waals surface area contributed by atoms with Gasteiger partial charge >= 0.3 is 5.97 Å². The number of hydrogen-bond donors (Lipinski definition) is 1. The van der Waals surface area contributed by atoms with Crippen molar-refractivity contribution in [3.63, 3.8) is 0 Å². The third-order valence-electron chi connectivity index (χ3n) is 5.67. The lowest BCUT2D eigenvalue weighted by Crippen LogP contribution is -2.26. The predicted molar refractivity (Wildman–Crippen MR) is 138 cm³/mol. The molecule has 0 fully saturated rings. The van der Waals surface area contributed by atoms with Crippen molar-refractivity contribution in [1.82, 2.24) is 9.55 Å². The molecule has 2 aromatic carbocycles. The van der Waals surface area contributed by atoms with Crippen LogP contribution in [-0.4, -0.2) is 52.8 Å². The third kappa shape index (κ3) is 6.09. The van der Waals surface area contributed by atoms with Crippen LogP contribution >= 0.6 is 0 Å². The lowest BCUT2D eigenvalue weighted by atomic mass is 10.1. The lowest BCUT2D eigenvalue weighted by molar-refractivity contribution is -0.149. The molecule has 0 bridgehead atoms. The Hall–Kier alpha value is -4.17. The van der Waals surface area contributed by atoms with Crippen LogP contribution in [0, 0.1) is 0 Å². The van der Waals surface area contributed by atoms with Crippen LogP contribution in [0.5, 0.6) is 5.75 Å². The maximum atomic E-state index is 11.3. The number of aromatic nitrogens is 2. The van der Waals surface area contributed by atoms with E-state index in [2.05, 4.69) is 5.16 Å². The summed E-state index contributed by atoms with van der Waals surface area (Å²) in [5.74, 6) is -0.247. The Kier molecular flexibility index (Phi) is 8.31. The molecule has 0 saturated carbocycles. The molecule has 8 nitrogen and oxygen atoms in total. The molecule has 1 unspecified atom stereocenters. The first-order valence-corrected chi connectivity index (χ1v) is 11.8. The molecule has 186 valence electrons. The van der Waals surface area contributed by atoms with Crippen molar-refractivity contribution >= 4 is 22.7 Å². The summed E-state index contributed by atoms with van der Waals surface area (Å²) in [5.41, 5.74) is 4.02. The molecule has 0 aliphatic heterocycles. The second-order valence-corrected chi connectivity index (χ2v) is 8.09. The largest absolute Gasteiger partial charge is 0.492 e. The van der Waals surface area contributed by atoms with Gasteiger partial charge in [0.25, 0.3) is 0 Å². The van der Waals surface area contributed by atoms with E-state index in [1.165, 1.54) is 7.11 Å². The highest BCUT2D eigenvalue weighted by atomic mass is 16.6. The molecule has 0 saturated heterocycles. The standard InChI is InChI=1S/C28H29N3O5/c1-3-35-25(28(32)33)19-20-9-12-23(13-10-20)36-18-17-31-16-15-22-11-14-24(29-27(22)31)26(30-34-2)21-7-5-4-6-8-21/h4-16,25H,3,17-19H2,1-2H3,(H,32,33)/b30-26-. The van der Waals surface area contributed by atoms with E-state index >= 15 is 0 Å². The molecule has 0 aliphatic carbocycles. The van der Waals surface area contributed by atoms with Crippen LogP contribution in [0.25, 0.3) is 11.0 Å². The van der Waals surface area contributed by atoms with Gasteiger partial charge in [0.2, 0.25) is 0 Å². The number of benzene rings is 2. The number of ether oxygens (including phenoxy) is 2. The van der Waals surface area contributed by atoms with Crippen molar-refractivity contribution in [2.24, 2.45) is 5.16 Å². The van der Waals surface area contributed by atoms with Gasteiger partial charge in [0, 0.05) is 30.2 Å². The average molecular weight is 488 g/mol. The molecule has 0 spiro atoms. The van der Waals surface area contributed by atoms with Crippen LogP contribution in [0.3, 0.4) is 0 Å². The second kappa shape index (κ2) is 12.0. The molecule has 2 aromatic heterocycles. The van der Waals surface area contributed by atoms with E-state index in [0.717, 1.165) is 27.9 Å². The first kappa shape index (κ1) is 24.9. The van der Waals surface area contributed by atoms with Gasteiger partial charge in [-0.3, -0.25) is 0 Å². The Bertz CT molecular complexity index is 1320. The molecule has 4 aromatic rings. The zero-order chi connectivity index (χ0) is 25.3. The van der Waals surface area contributed by atoms with Crippen molar-refractivity contribution in [1.29, 1.82) is 0 Å². The fourth-order valence-electron chi connectivity index (χ4n) is 3.92. The van der Waals surface area contributed by atoms with Crippen LogP contribution in [0.15, 0.2) is 84.1 Å². The van der Waals surface area contributed by atoms with E-state index in [0.29, 0.717) is 37.6 Å². The van der Waals surface area contributed by atoms with Crippen molar-refractivity contribution < 1.29 is 24.2 Å².